The van der Waals surface area contributed by atoms with E-state index in [1.165, 1.54) is 16.0 Å². The summed E-state index contributed by atoms with van der Waals surface area (Å²) in [5.41, 5.74) is 8.66. The minimum Gasteiger partial charge on any atom is -0.492 e. The molecule has 1 aliphatic rings. The van der Waals surface area contributed by atoms with Crippen LogP contribution in [0.2, 0.25) is 0 Å². The Morgan fingerprint density at radius 3 is 2.80 bits per heavy atom. The predicted octanol–water partition coefficient (Wildman–Crippen LogP) is 3.80. The van der Waals surface area contributed by atoms with Crippen LogP contribution in [-0.4, -0.2) is 12.4 Å². The van der Waals surface area contributed by atoms with Crippen LogP contribution in [0.3, 0.4) is 0 Å². The minimum atomic E-state index is 0.187. The van der Waals surface area contributed by atoms with Gasteiger partial charge >= 0.3 is 0 Å². The number of fused-ring (bicyclic) bond motifs is 1. The van der Waals surface area contributed by atoms with Gasteiger partial charge in [0.2, 0.25) is 0 Å². The van der Waals surface area contributed by atoms with Crippen molar-refractivity contribution in [3.63, 3.8) is 0 Å². The summed E-state index contributed by atoms with van der Waals surface area (Å²) in [6, 6.07) is 16.8. The summed E-state index contributed by atoms with van der Waals surface area (Å²) >= 11 is 1.82. The van der Waals surface area contributed by atoms with E-state index in [0.717, 1.165) is 31.0 Å². The number of rotatable bonds is 5. The second-order valence-corrected chi connectivity index (χ2v) is 6.15. The molecule has 0 saturated carbocycles. The van der Waals surface area contributed by atoms with Gasteiger partial charge in [-0.2, -0.15) is 0 Å². The molecular formula is C17H19NOS. The first kappa shape index (κ1) is 13.5. The third kappa shape index (κ3) is 3.00. The van der Waals surface area contributed by atoms with Crippen LogP contribution >= 0.6 is 11.8 Å². The summed E-state index contributed by atoms with van der Waals surface area (Å²) in [4.78, 5) is 1.29. The Kier molecular flexibility index (Phi) is 4.28. The van der Waals surface area contributed by atoms with Crippen LogP contribution in [0.1, 0.15) is 23.6 Å². The van der Waals surface area contributed by atoms with Crippen molar-refractivity contribution in [2.24, 2.45) is 5.73 Å². The molecule has 3 heteroatoms. The van der Waals surface area contributed by atoms with Gasteiger partial charge in [-0.15, -0.1) is 11.8 Å². The van der Waals surface area contributed by atoms with Gasteiger partial charge in [0.05, 0.1) is 6.61 Å². The molecule has 0 aromatic heterocycles. The molecule has 1 atom stereocenters. The second-order valence-electron chi connectivity index (χ2n) is 4.98. The van der Waals surface area contributed by atoms with Gasteiger partial charge in [0.25, 0.3) is 0 Å². The van der Waals surface area contributed by atoms with Crippen molar-refractivity contribution in [1.82, 2.24) is 0 Å². The van der Waals surface area contributed by atoms with Crippen LogP contribution in [0.5, 0.6) is 5.75 Å². The standard InChI is InChI=1S/C17H19NOS/c18-16-10-9-15-14(16)7-4-8-17(15)19-11-12-20-13-5-2-1-3-6-13/h1-8,16H,9-12,18H2. The Balaban J connectivity index is 1.55. The monoisotopic (exact) mass is 285 g/mol. The SMILES string of the molecule is NC1CCc2c(OCCSc3ccccc3)cccc21. The molecule has 1 unspecified atom stereocenters. The van der Waals surface area contributed by atoms with Crippen molar-refractivity contribution in [2.75, 3.05) is 12.4 Å². The summed E-state index contributed by atoms with van der Waals surface area (Å²) < 4.78 is 5.94. The summed E-state index contributed by atoms with van der Waals surface area (Å²) in [6.45, 7) is 0.727. The molecule has 0 radical (unpaired) electrons. The Hall–Kier alpha value is -1.45. The van der Waals surface area contributed by atoms with Crippen LogP contribution in [0.25, 0.3) is 0 Å². The van der Waals surface area contributed by atoms with E-state index in [0.29, 0.717) is 0 Å². The van der Waals surface area contributed by atoms with Crippen molar-refractivity contribution in [2.45, 2.75) is 23.8 Å². The number of hydrogen-bond donors (Lipinski definition) is 1. The maximum atomic E-state index is 6.09. The van der Waals surface area contributed by atoms with Gasteiger partial charge in [0.15, 0.2) is 0 Å². The van der Waals surface area contributed by atoms with Crippen molar-refractivity contribution in [1.29, 1.82) is 0 Å². The zero-order valence-electron chi connectivity index (χ0n) is 11.4. The van der Waals surface area contributed by atoms with Gasteiger partial charge in [-0.1, -0.05) is 30.3 Å². The zero-order chi connectivity index (χ0) is 13.8. The van der Waals surface area contributed by atoms with Crippen molar-refractivity contribution in [3.8, 4) is 5.75 Å². The maximum Gasteiger partial charge on any atom is 0.122 e. The molecule has 0 saturated heterocycles. The van der Waals surface area contributed by atoms with Crippen molar-refractivity contribution >= 4 is 11.8 Å². The minimum absolute atomic E-state index is 0.187. The third-order valence-corrected chi connectivity index (χ3v) is 4.60. The lowest BCUT2D eigenvalue weighted by Gasteiger charge is -2.11. The molecule has 0 fully saturated rings. The molecule has 20 heavy (non-hydrogen) atoms. The highest BCUT2D eigenvalue weighted by molar-refractivity contribution is 7.99. The summed E-state index contributed by atoms with van der Waals surface area (Å²) in [7, 11) is 0. The molecule has 2 aromatic rings. The fraction of sp³-hybridized carbons (Fsp3) is 0.294. The van der Waals surface area contributed by atoms with E-state index in [9.17, 15) is 0 Å². The Morgan fingerprint density at radius 2 is 1.95 bits per heavy atom. The average Bonchev–Trinajstić information content (AvgIpc) is 2.87. The summed E-state index contributed by atoms with van der Waals surface area (Å²) in [5, 5.41) is 0. The Bertz CT molecular complexity index is 570. The fourth-order valence-electron chi connectivity index (χ4n) is 2.62. The van der Waals surface area contributed by atoms with Gasteiger partial charge in [-0.25, -0.2) is 0 Å². The molecule has 2 aromatic carbocycles. The number of ether oxygens (including phenoxy) is 1. The van der Waals surface area contributed by atoms with Crippen LogP contribution in [0.15, 0.2) is 53.4 Å². The summed E-state index contributed by atoms with van der Waals surface area (Å²) in [5.74, 6) is 1.98. The highest BCUT2D eigenvalue weighted by atomic mass is 32.2. The van der Waals surface area contributed by atoms with Crippen molar-refractivity contribution in [3.05, 3.63) is 59.7 Å². The topological polar surface area (TPSA) is 35.2 Å². The van der Waals surface area contributed by atoms with E-state index in [-0.39, 0.29) is 6.04 Å². The van der Waals surface area contributed by atoms with Crippen molar-refractivity contribution < 1.29 is 4.74 Å². The first-order valence-electron chi connectivity index (χ1n) is 7.02. The smallest absolute Gasteiger partial charge is 0.122 e. The molecule has 0 amide bonds. The maximum absolute atomic E-state index is 6.09. The molecule has 2 N–H and O–H groups in total. The lowest BCUT2D eigenvalue weighted by molar-refractivity contribution is 0.340. The van der Waals surface area contributed by atoms with Crippen LogP contribution < -0.4 is 10.5 Å². The average molecular weight is 285 g/mol. The van der Waals surface area contributed by atoms with Crippen LogP contribution in [-0.2, 0) is 6.42 Å². The highest BCUT2D eigenvalue weighted by Gasteiger charge is 2.21. The Morgan fingerprint density at radius 1 is 1.10 bits per heavy atom. The Labute approximate surface area is 124 Å². The second kappa shape index (κ2) is 6.33. The molecule has 2 nitrogen and oxygen atoms in total. The zero-order valence-corrected chi connectivity index (χ0v) is 12.2. The molecule has 0 bridgehead atoms. The fourth-order valence-corrected chi connectivity index (χ4v) is 3.37. The van der Waals surface area contributed by atoms with E-state index < -0.39 is 0 Å². The van der Waals surface area contributed by atoms with E-state index in [4.69, 9.17) is 10.5 Å². The molecule has 1 aliphatic carbocycles. The molecular weight excluding hydrogens is 266 g/mol. The predicted molar refractivity (Wildman–Crippen MR) is 84.4 cm³/mol. The highest BCUT2D eigenvalue weighted by Crippen LogP contribution is 2.35. The number of nitrogens with two attached hydrogens (primary N) is 1. The van der Waals surface area contributed by atoms with Crippen LogP contribution in [0.4, 0.5) is 0 Å². The van der Waals surface area contributed by atoms with E-state index in [1.807, 2.05) is 23.9 Å². The van der Waals surface area contributed by atoms with Gasteiger partial charge in [0, 0.05) is 16.7 Å². The lowest BCUT2D eigenvalue weighted by Crippen LogP contribution is -2.06. The molecule has 3 rings (SSSR count). The number of benzene rings is 2. The van der Waals surface area contributed by atoms with Crippen LogP contribution in [0, 0.1) is 0 Å². The van der Waals surface area contributed by atoms with Gasteiger partial charge in [-0.3, -0.25) is 0 Å². The largest absolute Gasteiger partial charge is 0.492 e. The normalized spacial score (nSPS) is 16.9. The quantitative estimate of drug-likeness (QED) is 0.670. The van der Waals surface area contributed by atoms with Gasteiger partial charge in [0.1, 0.15) is 5.75 Å². The number of thioether (sulfide) groups is 1. The molecule has 0 aliphatic heterocycles. The first-order chi connectivity index (χ1) is 9.84. The van der Waals surface area contributed by atoms with E-state index in [1.54, 1.807) is 0 Å². The molecule has 104 valence electrons. The van der Waals surface area contributed by atoms with E-state index >= 15 is 0 Å². The lowest BCUT2D eigenvalue weighted by atomic mass is 10.1. The number of hydrogen-bond acceptors (Lipinski definition) is 3. The molecule has 0 spiro atoms. The van der Waals surface area contributed by atoms with Gasteiger partial charge < -0.3 is 10.5 Å². The molecule has 0 heterocycles. The van der Waals surface area contributed by atoms with Gasteiger partial charge in [-0.05, 0) is 42.2 Å². The van der Waals surface area contributed by atoms with E-state index in [2.05, 4.69) is 36.4 Å². The third-order valence-electron chi connectivity index (χ3n) is 3.63. The summed E-state index contributed by atoms with van der Waals surface area (Å²) in [6.07, 6.45) is 2.08. The first-order valence-corrected chi connectivity index (χ1v) is 8.01.